The molecule has 1 aromatic heterocycles. The van der Waals surface area contributed by atoms with Crippen LogP contribution in [0.15, 0.2) is 53.4 Å². The van der Waals surface area contributed by atoms with Crippen LogP contribution in [0.1, 0.15) is 20.8 Å². The Balaban J connectivity index is 1.94. The van der Waals surface area contributed by atoms with Gasteiger partial charge in [-0.25, -0.2) is 13.2 Å². The molecule has 0 radical (unpaired) electrons. The number of aromatic carboxylic acids is 1. The number of carboxylic acid groups (broad SMARTS) is 1. The Kier molecular flexibility index (Phi) is 3.95. The first kappa shape index (κ1) is 15.7. The lowest BCUT2D eigenvalue weighted by molar-refractivity contribution is 0.0702. The average Bonchev–Trinajstić information content (AvgIpc) is 2.90. The van der Waals surface area contributed by atoms with E-state index < -0.39 is 15.8 Å². The van der Waals surface area contributed by atoms with Gasteiger partial charge >= 0.3 is 5.97 Å². The monoisotopic (exact) mass is 346 g/mol. The van der Waals surface area contributed by atoms with Gasteiger partial charge in [-0.2, -0.15) is 0 Å². The summed E-state index contributed by atoms with van der Waals surface area (Å²) in [6, 6.07) is 13.6. The number of aryl methyl sites for hydroxylation is 1. The summed E-state index contributed by atoms with van der Waals surface area (Å²) in [6.07, 6.45) is 0. The van der Waals surface area contributed by atoms with Gasteiger partial charge in [0.05, 0.1) is 10.6 Å². The Labute approximate surface area is 137 Å². The molecule has 0 spiro atoms. The Hall–Kier alpha value is -2.18. The number of sulfone groups is 1. The van der Waals surface area contributed by atoms with Crippen molar-refractivity contribution in [2.45, 2.75) is 17.6 Å². The van der Waals surface area contributed by atoms with Crippen molar-refractivity contribution < 1.29 is 18.3 Å². The van der Waals surface area contributed by atoms with Crippen LogP contribution >= 0.6 is 11.3 Å². The zero-order chi connectivity index (χ0) is 16.6. The molecule has 0 bridgehead atoms. The molecule has 0 saturated carbocycles. The minimum atomic E-state index is -3.42. The highest BCUT2D eigenvalue weighted by Crippen LogP contribution is 2.28. The van der Waals surface area contributed by atoms with Gasteiger partial charge in [0, 0.05) is 4.70 Å². The predicted octanol–water partition coefficient (Wildman–Crippen LogP) is 3.88. The Bertz CT molecular complexity index is 983. The second kappa shape index (κ2) is 5.79. The molecule has 2 aromatic carbocycles. The molecule has 0 aliphatic heterocycles. The highest BCUT2D eigenvalue weighted by molar-refractivity contribution is 7.90. The minimum Gasteiger partial charge on any atom is -0.477 e. The first-order valence-corrected chi connectivity index (χ1v) is 9.37. The zero-order valence-corrected chi connectivity index (χ0v) is 13.9. The van der Waals surface area contributed by atoms with Crippen molar-refractivity contribution in [3.63, 3.8) is 0 Å². The van der Waals surface area contributed by atoms with Gasteiger partial charge in [-0.1, -0.05) is 23.8 Å². The molecule has 1 N–H and O–H groups in total. The quantitative estimate of drug-likeness (QED) is 0.778. The van der Waals surface area contributed by atoms with Crippen molar-refractivity contribution in [1.82, 2.24) is 0 Å². The number of hydrogen-bond donors (Lipinski definition) is 1. The molecule has 6 heteroatoms. The standard InChI is InChI=1S/C17H14O4S2/c1-11-2-5-14(6-3-11)23(20,21)10-12-4-7-15-13(8-12)9-16(22-15)17(18)19/h2-9H,10H2,1H3,(H,18,19). The van der Waals surface area contributed by atoms with E-state index in [9.17, 15) is 13.2 Å². The lowest BCUT2D eigenvalue weighted by Gasteiger charge is -2.05. The third-order valence-corrected chi connectivity index (χ3v) is 6.34. The fraction of sp³-hybridized carbons (Fsp3) is 0.118. The largest absolute Gasteiger partial charge is 0.477 e. The zero-order valence-electron chi connectivity index (χ0n) is 12.3. The van der Waals surface area contributed by atoms with E-state index >= 15 is 0 Å². The van der Waals surface area contributed by atoms with Crippen LogP contribution in [0.5, 0.6) is 0 Å². The van der Waals surface area contributed by atoms with E-state index in [1.807, 2.05) is 6.92 Å². The molecule has 0 aliphatic rings. The van der Waals surface area contributed by atoms with Crippen molar-refractivity contribution in [1.29, 1.82) is 0 Å². The number of rotatable bonds is 4. The molecule has 0 fully saturated rings. The number of thiophene rings is 1. The Morgan fingerprint density at radius 3 is 2.43 bits per heavy atom. The topological polar surface area (TPSA) is 71.4 Å². The van der Waals surface area contributed by atoms with Crippen LogP contribution in [0.2, 0.25) is 0 Å². The van der Waals surface area contributed by atoms with Gasteiger partial charge in [0.15, 0.2) is 9.84 Å². The second-order valence-corrected chi connectivity index (χ2v) is 8.43. The van der Waals surface area contributed by atoms with Crippen molar-refractivity contribution in [2.75, 3.05) is 0 Å². The van der Waals surface area contributed by atoms with E-state index in [2.05, 4.69) is 0 Å². The van der Waals surface area contributed by atoms with Gasteiger partial charge in [-0.05, 0) is 48.2 Å². The summed E-state index contributed by atoms with van der Waals surface area (Å²) in [5.74, 6) is -1.08. The molecule has 0 saturated heterocycles. The lowest BCUT2D eigenvalue weighted by atomic mass is 10.2. The van der Waals surface area contributed by atoms with E-state index in [1.54, 1.807) is 48.5 Å². The number of fused-ring (bicyclic) bond motifs is 1. The highest BCUT2D eigenvalue weighted by atomic mass is 32.2. The summed E-state index contributed by atoms with van der Waals surface area (Å²) >= 11 is 1.18. The smallest absolute Gasteiger partial charge is 0.345 e. The number of hydrogen-bond acceptors (Lipinski definition) is 4. The van der Waals surface area contributed by atoms with E-state index in [4.69, 9.17) is 5.11 Å². The van der Waals surface area contributed by atoms with Crippen LogP contribution < -0.4 is 0 Å². The van der Waals surface area contributed by atoms with Gasteiger partial charge in [0.25, 0.3) is 0 Å². The predicted molar refractivity (Wildman–Crippen MR) is 90.9 cm³/mol. The summed E-state index contributed by atoms with van der Waals surface area (Å²) in [6.45, 7) is 1.90. The summed E-state index contributed by atoms with van der Waals surface area (Å²) in [4.78, 5) is 11.6. The number of carboxylic acids is 1. The van der Waals surface area contributed by atoms with Crippen LogP contribution in [0.3, 0.4) is 0 Å². The maximum atomic E-state index is 12.5. The number of carbonyl (C=O) groups is 1. The van der Waals surface area contributed by atoms with Crippen LogP contribution in [-0.4, -0.2) is 19.5 Å². The van der Waals surface area contributed by atoms with Crippen LogP contribution in [-0.2, 0) is 15.6 Å². The van der Waals surface area contributed by atoms with Crippen LogP contribution in [0.4, 0.5) is 0 Å². The molecule has 3 aromatic rings. The van der Waals surface area contributed by atoms with Gasteiger partial charge < -0.3 is 5.11 Å². The summed E-state index contributed by atoms with van der Waals surface area (Å²) in [5, 5.41) is 9.78. The summed E-state index contributed by atoms with van der Waals surface area (Å²) in [7, 11) is -3.42. The van der Waals surface area contributed by atoms with E-state index in [1.165, 1.54) is 11.3 Å². The van der Waals surface area contributed by atoms with Crippen LogP contribution in [0.25, 0.3) is 10.1 Å². The molecule has 0 amide bonds. The van der Waals surface area contributed by atoms with Gasteiger partial charge in [0.1, 0.15) is 4.88 Å². The number of benzene rings is 2. The van der Waals surface area contributed by atoms with Crippen LogP contribution in [0, 0.1) is 6.92 Å². The van der Waals surface area contributed by atoms with E-state index in [0.717, 1.165) is 15.6 Å². The molecule has 23 heavy (non-hydrogen) atoms. The minimum absolute atomic E-state index is 0.107. The maximum absolute atomic E-state index is 12.5. The van der Waals surface area contributed by atoms with E-state index in [-0.39, 0.29) is 10.6 Å². The average molecular weight is 346 g/mol. The lowest BCUT2D eigenvalue weighted by Crippen LogP contribution is -2.04. The maximum Gasteiger partial charge on any atom is 0.345 e. The van der Waals surface area contributed by atoms with Gasteiger partial charge in [-0.15, -0.1) is 11.3 Å². The Morgan fingerprint density at radius 1 is 1.09 bits per heavy atom. The first-order chi connectivity index (χ1) is 10.8. The van der Waals surface area contributed by atoms with E-state index in [0.29, 0.717) is 10.5 Å². The molecule has 0 atom stereocenters. The fourth-order valence-electron chi connectivity index (χ4n) is 2.34. The molecule has 118 valence electrons. The summed E-state index contributed by atoms with van der Waals surface area (Å²) in [5.41, 5.74) is 1.65. The summed E-state index contributed by atoms with van der Waals surface area (Å²) < 4.78 is 25.8. The van der Waals surface area contributed by atoms with Gasteiger partial charge in [0.2, 0.25) is 0 Å². The molecule has 1 heterocycles. The normalized spacial score (nSPS) is 11.7. The van der Waals surface area contributed by atoms with Crippen molar-refractivity contribution in [3.8, 4) is 0 Å². The molecule has 3 rings (SSSR count). The Morgan fingerprint density at radius 2 is 1.78 bits per heavy atom. The fourth-order valence-corrected chi connectivity index (χ4v) is 4.55. The highest BCUT2D eigenvalue weighted by Gasteiger charge is 2.16. The molecule has 4 nitrogen and oxygen atoms in total. The molecular formula is C17H14O4S2. The van der Waals surface area contributed by atoms with Crippen molar-refractivity contribution >= 4 is 37.2 Å². The van der Waals surface area contributed by atoms with Crippen molar-refractivity contribution in [2.24, 2.45) is 0 Å². The third-order valence-electron chi connectivity index (χ3n) is 3.53. The SMILES string of the molecule is Cc1ccc(S(=O)(=O)Cc2ccc3sc(C(=O)O)cc3c2)cc1. The molecular weight excluding hydrogens is 332 g/mol. The molecule has 0 aliphatic carbocycles. The first-order valence-electron chi connectivity index (χ1n) is 6.90. The van der Waals surface area contributed by atoms with Crippen molar-refractivity contribution in [3.05, 3.63) is 64.5 Å². The van der Waals surface area contributed by atoms with Gasteiger partial charge in [-0.3, -0.25) is 0 Å². The molecule has 0 unspecified atom stereocenters. The third kappa shape index (κ3) is 3.28. The second-order valence-electron chi connectivity index (χ2n) is 5.36.